The van der Waals surface area contributed by atoms with Crippen molar-refractivity contribution >= 4 is 11.7 Å². The van der Waals surface area contributed by atoms with E-state index < -0.39 is 5.97 Å². The third-order valence-corrected chi connectivity index (χ3v) is 2.38. The molecule has 0 saturated heterocycles. The summed E-state index contributed by atoms with van der Waals surface area (Å²) in [5, 5.41) is 13.9. The molecule has 0 bridgehead atoms. The van der Waals surface area contributed by atoms with Gasteiger partial charge in [-0.1, -0.05) is 18.2 Å². The van der Waals surface area contributed by atoms with Crippen LogP contribution in [-0.2, 0) is 6.54 Å². The van der Waals surface area contributed by atoms with E-state index >= 15 is 0 Å². The lowest BCUT2D eigenvalue weighted by atomic mass is 10.1. The predicted molar refractivity (Wildman–Crippen MR) is 62.3 cm³/mol. The lowest BCUT2D eigenvalue weighted by molar-refractivity contribution is -0.254. The van der Waals surface area contributed by atoms with Crippen LogP contribution in [0, 0.1) is 0 Å². The lowest BCUT2D eigenvalue weighted by Gasteiger charge is -2.12. The highest BCUT2D eigenvalue weighted by atomic mass is 16.4. The van der Waals surface area contributed by atoms with Gasteiger partial charge in [0.25, 0.3) is 0 Å². The van der Waals surface area contributed by atoms with Gasteiger partial charge in [0.1, 0.15) is 0 Å². The maximum atomic E-state index is 10.9. The number of carbonyl (C=O) groups excluding carboxylic acids is 1. The minimum absolute atomic E-state index is 0.168. The summed E-state index contributed by atoms with van der Waals surface area (Å²) >= 11 is 0. The summed E-state index contributed by atoms with van der Waals surface area (Å²) in [4.78, 5) is 14.8. The second-order valence-electron chi connectivity index (χ2n) is 3.54. The summed E-state index contributed by atoms with van der Waals surface area (Å²) in [6.07, 6.45) is 3.39. The molecule has 1 aromatic carbocycles. The summed E-state index contributed by atoms with van der Waals surface area (Å²) in [5.41, 5.74) is 1.76. The van der Waals surface area contributed by atoms with E-state index in [0.717, 1.165) is 5.56 Å². The van der Waals surface area contributed by atoms with Crippen LogP contribution in [0.4, 0.5) is 5.69 Å². The third-order valence-electron chi connectivity index (χ3n) is 2.38. The molecule has 2 aromatic rings. The summed E-state index contributed by atoms with van der Waals surface area (Å²) in [6, 6.07) is 10.4. The molecule has 86 valence electrons. The highest BCUT2D eigenvalue weighted by Gasteiger charge is 2.01. The van der Waals surface area contributed by atoms with Gasteiger partial charge >= 0.3 is 0 Å². The summed E-state index contributed by atoms with van der Waals surface area (Å²) in [7, 11) is 0. The highest BCUT2D eigenvalue weighted by molar-refractivity contribution is 5.92. The Hall–Kier alpha value is -2.36. The number of aromatic nitrogens is 1. The number of carboxylic acid groups (broad SMARTS) is 1. The molecule has 0 unspecified atom stereocenters. The summed E-state index contributed by atoms with van der Waals surface area (Å²) in [6.45, 7) is 0.548. The van der Waals surface area contributed by atoms with Crippen LogP contribution in [0.5, 0.6) is 0 Å². The molecule has 0 spiro atoms. The van der Waals surface area contributed by atoms with Crippen LogP contribution < -0.4 is 10.4 Å². The molecule has 1 N–H and O–H groups in total. The Kier molecular flexibility index (Phi) is 3.35. The number of para-hydroxylation sites is 1. The average Bonchev–Trinajstić information content (AvgIpc) is 2.38. The molecule has 0 atom stereocenters. The topological polar surface area (TPSA) is 65.0 Å². The van der Waals surface area contributed by atoms with Gasteiger partial charge in [0, 0.05) is 30.2 Å². The van der Waals surface area contributed by atoms with E-state index in [-0.39, 0.29) is 5.56 Å². The van der Waals surface area contributed by atoms with Crippen LogP contribution in [0.3, 0.4) is 0 Å². The fourth-order valence-electron chi connectivity index (χ4n) is 1.51. The number of hydrogen-bond acceptors (Lipinski definition) is 4. The fourth-order valence-corrected chi connectivity index (χ4v) is 1.51. The molecule has 4 nitrogen and oxygen atoms in total. The summed E-state index contributed by atoms with van der Waals surface area (Å²) < 4.78 is 0. The van der Waals surface area contributed by atoms with E-state index in [0.29, 0.717) is 12.2 Å². The van der Waals surface area contributed by atoms with Crippen molar-refractivity contribution in [3.63, 3.8) is 0 Å². The van der Waals surface area contributed by atoms with Crippen molar-refractivity contribution in [3.05, 3.63) is 59.9 Å². The molecule has 0 saturated carbocycles. The Morgan fingerprint density at radius 1 is 1.18 bits per heavy atom. The first-order chi connectivity index (χ1) is 8.27. The number of carboxylic acids is 1. The standard InChI is InChI=1S/C13H12N2O2/c16-13(17)11-3-1-2-4-12(11)15-9-10-5-7-14-8-6-10/h1-8,15H,9H2,(H,16,17)/p-1. The van der Waals surface area contributed by atoms with Gasteiger partial charge in [0.2, 0.25) is 0 Å². The number of pyridine rings is 1. The molecule has 0 aliphatic carbocycles. The van der Waals surface area contributed by atoms with Crippen LogP contribution in [0.15, 0.2) is 48.8 Å². The molecular weight excluding hydrogens is 216 g/mol. The zero-order chi connectivity index (χ0) is 12.1. The normalized spacial score (nSPS) is 9.88. The first-order valence-electron chi connectivity index (χ1n) is 5.20. The molecule has 0 fully saturated rings. The molecule has 2 rings (SSSR count). The van der Waals surface area contributed by atoms with Gasteiger partial charge in [-0.25, -0.2) is 0 Å². The summed E-state index contributed by atoms with van der Waals surface area (Å²) in [5.74, 6) is -1.18. The predicted octanol–water partition coefficient (Wildman–Crippen LogP) is 1.06. The van der Waals surface area contributed by atoms with Crippen molar-refractivity contribution in [2.75, 3.05) is 5.32 Å². The van der Waals surface area contributed by atoms with Gasteiger partial charge in [-0.2, -0.15) is 0 Å². The maximum absolute atomic E-state index is 10.9. The largest absolute Gasteiger partial charge is 0.545 e. The Morgan fingerprint density at radius 3 is 2.59 bits per heavy atom. The second kappa shape index (κ2) is 5.12. The first-order valence-corrected chi connectivity index (χ1v) is 5.20. The molecule has 0 amide bonds. The van der Waals surface area contributed by atoms with Crippen LogP contribution in [-0.4, -0.2) is 11.0 Å². The Balaban J connectivity index is 2.12. The number of aromatic carboxylic acids is 1. The van der Waals surface area contributed by atoms with Gasteiger partial charge in [0.15, 0.2) is 0 Å². The Labute approximate surface area is 98.9 Å². The van der Waals surface area contributed by atoms with E-state index in [1.54, 1.807) is 30.6 Å². The van der Waals surface area contributed by atoms with Crippen molar-refractivity contribution in [2.45, 2.75) is 6.54 Å². The lowest BCUT2D eigenvalue weighted by Crippen LogP contribution is -2.23. The molecular formula is C13H11N2O2-. The molecule has 0 aliphatic rings. The zero-order valence-electron chi connectivity index (χ0n) is 9.09. The number of nitrogens with one attached hydrogen (secondary N) is 1. The number of anilines is 1. The monoisotopic (exact) mass is 227 g/mol. The number of carbonyl (C=O) groups is 1. The molecule has 4 heteroatoms. The molecule has 1 aromatic heterocycles. The van der Waals surface area contributed by atoms with E-state index in [1.807, 2.05) is 12.1 Å². The maximum Gasteiger partial charge on any atom is 0.0736 e. The van der Waals surface area contributed by atoms with Crippen molar-refractivity contribution in [2.24, 2.45) is 0 Å². The number of benzene rings is 1. The van der Waals surface area contributed by atoms with E-state index in [9.17, 15) is 9.90 Å². The number of rotatable bonds is 4. The van der Waals surface area contributed by atoms with Crippen LogP contribution in [0.1, 0.15) is 15.9 Å². The minimum Gasteiger partial charge on any atom is -0.545 e. The van der Waals surface area contributed by atoms with Crippen molar-refractivity contribution in [3.8, 4) is 0 Å². The SMILES string of the molecule is O=C([O-])c1ccccc1NCc1ccncc1. The first kappa shape index (κ1) is 11.1. The molecule has 0 radical (unpaired) electrons. The van der Waals surface area contributed by atoms with Gasteiger partial charge < -0.3 is 15.2 Å². The third kappa shape index (κ3) is 2.81. The Morgan fingerprint density at radius 2 is 1.88 bits per heavy atom. The van der Waals surface area contributed by atoms with Crippen LogP contribution in [0.2, 0.25) is 0 Å². The highest BCUT2D eigenvalue weighted by Crippen LogP contribution is 2.15. The number of nitrogens with zero attached hydrogens (tertiary/aromatic N) is 1. The minimum atomic E-state index is -1.18. The van der Waals surface area contributed by atoms with Crippen LogP contribution >= 0.6 is 0 Å². The smallest absolute Gasteiger partial charge is 0.0736 e. The van der Waals surface area contributed by atoms with Crippen LogP contribution in [0.25, 0.3) is 0 Å². The fraction of sp³-hybridized carbons (Fsp3) is 0.0769. The van der Waals surface area contributed by atoms with E-state index in [1.165, 1.54) is 6.07 Å². The van der Waals surface area contributed by atoms with Gasteiger partial charge in [-0.15, -0.1) is 0 Å². The second-order valence-corrected chi connectivity index (χ2v) is 3.54. The van der Waals surface area contributed by atoms with Crippen molar-refractivity contribution in [1.82, 2.24) is 4.98 Å². The molecule has 1 heterocycles. The zero-order valence-corrected chi connectivity index (χ0v) is 9.09. The molecule has 17 heavy (non-hydrogen) atoms. The van der Waals surface area contributed by atoms with Crippen molar-refractivity contribution < 1.29 is 9.90 Å². The van der Waals surface area contributed by atoms with Gasteiger partial charge in [-0.05, 0) is 23.8 Å². The van der Waals surface area contributed by atoms with Gasteiger partial charge in [-0.3, -0.25) is 4.98 Å². The van der Waals surface area contributed by atoms with E-state index in [2.05, 4.69) is 10.3 Å². The van der Waals surface area contributed by atoms with Gasteiger partial charge in [0.05, 0.1) is 5.97 Å². The quantitative estimate of drug-likeness (QED) is 0.848. The number of hydrogen-bond donors (Lipinski definition) is 1. The van der Waals surface area contributed by atoms with E-state index in [4.69, 9.17) is 0 Å². The van der Waals surface area contributed by atoms with Crippen molar-refractivity contribution in [1.29, 1.82) is 0 Å². The Bertz CT molecular complexity index is 512. The molecule has 0 aliphatic heterocycles. The average molecular weight is 227 g/mol.